The molecule has 0 saturated carbocycles. The molecule has 204 valence electrons. The molecule has 0 unspecified atom stereocenters. The quantitative estimate of drug-likeness (QED) is 0.266. The zero-order chi connectivity index (χ0) is 28.5. The molecule has 2 aliphatic rings. The third kappa shape index (κ3) is 3.59. The first-order valence-corrected chi connectivity index (χ1v) is 14.1. The van der Waals surface area contributed by atoms with Crippen LogP contribution in [0.1, 0.15) is 30.4 Å². The number of aromatic hydroxyl groups is 1. The van der Waals surface area contributed by atoms with Crippen molar-refractivity contribution in [3.05, 3.63) is 82.9 Å². The Balaban J connectivity index is 1.46. The molecule has 1 aliphatic carbocycles. The predicted molar refractivity (Wildman–Crippen MR) is 158 cm³/mol. The number of phenolic OH excluding ortho intramolecular Hbond substituents is 1. The number of rotatable bonds is 5. The number of carbonyl (C=O) groups excluding carboxylic acids is 2. The number of amides is 2. The van der Waals surface area contributed by atoms with Gasteiger partial charge in [0.25, 0.3) is 0 Å². The van der Waals surface area contributed by atoms with E-state index in [0.717, 1.165) is 26.1 Å². The van der Waals surface area contributed by atoms with Crippen molar-refractivity contribution in [2.24, 2.45) is 18.4 Å². The number of hydrogen-bond acceptors (Lipinski definition) is 6. The number of methoxy groups -OCH3 is 1. The van der Waals surface area contributed by atoms with Gasteiger partial charge in [-0.1, -0.05) is 42.5 Å². The molecule has 1 aliphatic heterocycles. The van der Waals surface area contributed by atoms with E-state index < -0.39 is 17.3 Å². The molecule has 1 fully saturated rings. The minimum Gasteiger partial charge on any atom is -0.504 e. The van der Waals surface area contributed by atoms with Gasteiger partial charge in [0.2, 0.25) is 11.8 Å². The lowest BCUT2D eigenvalue weighted by Crippen LogP contribution is -2.42. The lowest BCUT2D eigenvalue weighted by molar-refractivity contribution is -0.127. The van der Waals surface area contributed by atoms with Crippen LogP contribution in [0.3, 0.4) is 0 Å². The number of para-hydroxylation sites is 1. The maximum atomic E-state index is 14.4. The molecule has 0 bridgehead atoms. The number of benzene rings is 2. The number of phenols is 1. The van der Waals surface area contributed by atoms with Gasteiger partial charge >= 0.3 is 0 Å². The van der Waals surface area contributed by atoms with Gasteiger partial charge in [0.05, 0.1) is 23.3 Å². The van der Waals surface area contributed by atoms with Crippen LogP contribution in [0.2, 0.25) is 5.02 Å². The number of anilines is 1. The zero-order valence-corrected chi connectivity index (χ0v) is 24.1. The van der Waals surface area contributed by atoms with Crippen molar-refractivity contribution in [1.82, 2.24) is 9.78 Å². The largest absolute Gasteiger partial charge is 0.504 e. The van der Waals surface area contributed by atoms with E-state index in [1.807, 2.05) is 38.1 Å². The van der Waals surface area contributed by atoms with E-state index >= 15 is 0 Å². The molecule has 2 aromatic heterocycles. The lowest BCUT2D eigenvalue weighted by Gasteiger charge is -2.40. The number of carbonyl (C=O) groups is 2. The molecule has 7 nitrogen and oxygen atoms in total. The number of halogens is 1. The Hall–Kier alpha value is -3.88. The number of allylic oxidation sites excluding steroid dienone is 3. The van der Waals surface area contributed by atoms with E-state index in [2.05, 4.69) is 6.58 Å². The number of thiophene rings is 1. The highest BCUT2D eigenvalue weighted by Gasteiger charge is 2.63. The zero-order valence-electron chi connectivity index (χ0n) is 22.6. The summed E-state index contributed by atoms with van der Waals surface area (Å²) in [5.41, 5.74) is 1.87. The topological polar surface area (TPSA) is 84.7 Å². The van der Waals surface area contributed by atoms with E-state index in [-0.39, 0.29) is 17.6 Å². The van der Waals surface area contributed by atoms with Gasteiger partial charge < -0.3 is 9.84 Å². The van der Waals surface area contributed by atoms with Crippen LogP contribution in [0.5, 0.6) is 11.5 Å². The van der Waals surface area contributed by atoms with Crippen molar-refractivity contribution < 1.29 is 19.4 Å². The molecule has 2 aromatic carbocycles. The Morgan fingerprint density at radius 1 is 1.25 bits per heavy atom. The summed E-state index contributed by atoms with van der Waals surface area (Å²) in [5, 5.41) is 17.5. The fourth-order valence-electron chi connectivity index (χ4n) is 6.36. The van der Waals surface area contributed by atoms with Crippen LogP contribution in [0, 0.1) is 18.3 Å². The molecule has 1 N–H and O–H groups in total. The Morgan fingerprint density at radius 3 is 2.75 bits per heavy atom. The van der Waals surface area contributed by atoms with E-state index in [9.17, 15) is 14.7 Å². The molecule has 2 amide bonds. The fraction of sp³-hybridized carbons (Fsp3) is 0.258. The highest BCUT2D eigenvalue weighted by atomic mass is 35.5. The number of hydrogen-bond donors (Lipinski definition) is 1. The minimum absolute atomic E-state index is 0.0496. The van der Waals surface area contributed by atoms with Crippen LogP contribution in [-0.2, 0) is 16.6 Å². The van der Waals surface area contributed by atoms with Crippen LogP contribution in [0.25, 0.3) is 20.7 Å². The Kier molecular flexibility index (Phi) is 6.16. The van der Waals surface area contributed by atoms with Crippen molar-refractivity contribution >= 4 is 50.7 Å². The lowest BCUT2D eigenvalue weighted by atomic mass is 9.60. The summed E-state index contributed by atoms with van der Waals surface area (Å²) in [4.78, 5) is 30.6. The number of aryl methyl sites for hydroxylation is 2. The first kappa shape index (κ1) is 26.3. The van der Waals surface area contributed by atoms with Gasteiger partial charge in [0.15, 0.2) is 11.5 Å². The van der Waals surface area contributed by atoms with Crippen LogP contribution in [-0.4, -0.2) is 33.8 Å². The normalized spacial score (nSPS) is 22.5. The fourth-order valence-corrected chi connectivity index (χ4v) is 7.68. The third-order valence-electron chi connectivity index (χ3n) is 8.44. The third-order valence-corrected chi connectivity index (χ3v) is 9.97. The van der Waals surface area contributed by atoms with Crippen molar-refractivity contribution in [3.63, 3.8) is 0 Å². The van der Waals surface area contributed by atoms with Gasteiger partial charge in [-0.15, -0.1) is 11.3 Å². The molecule has 9 heteroatoms. The first-order valence-electron chi connectivity index (χ1n) is 12.9. The van der Waals surface area contributed by atoms with E-state index in [1.54, 1.807) is 53.4 Å². The summed E-state index contributed by atoms with van der Waals surface area (Å²) in [6, 6.07) is 12.8. The smallest absolute Gasteiger partial charge is 0.242 e. The van der Waals surface area contributed by atoms with Crippen molar-refractivity contribution in [3.8, 4) is 22.1 Å². The highest BCUT2D eigenvalue weighted by Crippen LogP contribution is 2.58. The number of ether oxygens (including phenoxy) is 1. The second kappa shape index (κ2) is 9.35. The molecule has 40 heavy (non-hydrogen) atoms. The molecule has 0 radical (unpaired) electrons. The average Bonchev–Trinajstić information content (AvgIpc) is 3.53. The summed E-state index contributed by atoms with van der Waals surface area (Å²) >= 11 is 7.84. The number of imide groups is 1. The van der Waals surface area contributed by atoms with Crippen LogP contribution in [0.4, 0.5) is 5.82 Å². The minimum atomic E-state index is -1.16. The van der Waals surface area contributed by atoms with E-state index in [1.165, 1.54) is 12.0 Å². The summed E-state index contributed by atoms with van der Waals surface area (Å²) in [7, 11) is 3.22. The van der Waals surface area contributed by atoms with E-state index in [0.29, 0.717) is 34.3 Å². The standard InChI is InChI=1S/C31H28ClN3O4S/c1-6-17-10-12-21-29(37)35(30(38)31(21,3)26(17)19-8-7-9-23(39-5)27(19)36)25-15-22(33-34(25)4)28-16(2)20-14-18(32)11-13-24(20)40-28/h6-11,13-15,21,26,36H,1,12H2,2-5H3/t21-,26+,31+/m0/s1. The second-order valence-corrected chi connectivity index (χ2v) is 12.0. The molecular weight excluding hydrogens is 546 g/mol. The van der Waals surface area contributed by atoms with Gasteiger partial charge in [-0.3, -0.25) is 14.3 Å². The van der Waals surface area contributed by atoms with Crippen LogP contribution in [0.15, 0.2) is 66.8 Å². The molecular formula is C31H28ClN3O4S. The van der Waals surface area contributed by atoms with Gasteiger partial charge in [-0.25, -0.2) is 4.90 Å². The van der Waals surface area contributed by atoms with E-state index in [4.69, 9.17) is 21.4 Å². The summed E-state index contributed by atoms with van der Waals surface area (Å²) in [6.45, 7) is 7.81. The van der Waals surface area contributed by atoms with Gasteiger partial charge in [-0.05, 0) is 61.1 Å². The SMILES string of the molecule is C=CC1=CC[C@H]2C(=O)N(c3cc(-c4sc5ccc(Cl)cc5c4C)nn3C)C(=O)[C@@]2(C)[C@H]1c1cccc(OC)c1O. The second-order valence-electron chi connectivity index (χ2n) is 10.5. The summed E-state index contributed by atoms with van der Waals surface area (Å²) < 4.78 is 8.02. The molecule has 0 spiro atoms. The molecule has 6 rings (SSSR count). The van der Waals surface area contributed by atoms with Crippen molar-refractivity contribution in [2.45, 2.75) is 26.2 Å². The van der Waals surface area contributed by atoms with Gasteiger partial charge in [0.1, 0.15) is 11.5 Å². The predicted octanol–water partition coefficient (Wildman–Crippen LogP) is 6.77. The van der Waals surface area contributed by atoms with Crippen molar-refractivity contribution in [1.29, 1.82) is 0 Å². The van der Waals surface area contributed by atoms with Gasteiger partial charge in [-0.2, -0.15) is 5.10 Å². The maximum Gasteiger partial charge on any atom is 0.242 e. The Bertz CT molecular complexity index is 1770. The Morgan fingerprint density at radius 2 is 2.02 bits per heavy atom. The van der Waals surface area contributed by atoms with Crippen molar-refractivity contribution in [2.75, 3.05) is 12.0 Å². The summed E-state index contributed by atoms with van der Waals surface area (Å²) in [5.74, 6) is -1.18. The maximum absolute atomic E-state index is 14.4. The van der Waals surface area contributed by atoms with Crippen LogP contribution >= 0.6 is 22.9 Å². The molecule has 3 atom stereocenters. The number of fused-ring (bicyclic) bond motifs is 2. The Labute approximate surface area is 240 Å². The summed E-state index contributed by atoms with van der Waals surface area (Å²) in [6.07, 6.45) is 4.03. The first-order chi connectivity index (χ1) is 19.1. The molecule has 1 saturated heterocycles. The van der Waals surface area contributed by atoms with Crippen LogP contribution < -0.4 is 9.64 Å². The monoisotopic (exact) mass is 573 g/mol. The highest BCUT2D eigenvalue weighted by molar-refractivity contribution is 7.22. The average molecular weight is 574 g/mol. The molecule has 3 heterocycles. The van der Waals surface area contributed by atoms with Gasteiger partial charge in [0, 0.05) is 34.3 Å². The number of nitrogens with zero attached hydrogens (tertiary/aromatic N) is 3. The number of aromatic nitrogens is 2. The molecule has 4 aromatic rings.